The van der Waals surface area contributed by atoms with E-state index >= 15 is 0 Å². The molecule has 0 aliphatic heterocycles. The van der Waals surface area contributed by atoms with Crippen molar-refractivity contribution in [3.63, 3.8) is 0 Å². The normalized spacial score (nSPS) is 17.1. The number of halogens is 3. The van der Waals surface area contributed by atoms with E-state index in [1.54, 1.807) is 24.3 Å². The van der Waals surface area contributed by atoms with Crippen molar-refractivity contribution in [2.75, 3.05) is 6.61 Å². The van der Waals surface area contributed by atoms with Crippen LogP contribution in [0.4, 0.5) is 13.2 Å². The minimum atomic E-state index is -4.68. The van der Waals surface area contributed by atoms with E-state index in [0.29, 0.717) is 31.4 Å². The quantitative estimate of drug-likeness (QED) is 0.0988. The van der Waals surface area contributed by atoms with Gasteiger partial charge >= 0.3 is 18.1 Å². The van der Waals surface area contributed by atoms with Gasteiger partial charge in [-0.2, -0.15) is 13.2 Å². The molecule has 1 aliphatic carbocycles. The Labute approximate surface area is 289 Å². The van der Waals surface area contributed by atoms with E-state index < -0.39 is 36.2 Å². The van der Waals surface area contributed by atoms with E-state index in [-0.39, 0.29) is 18.4 Å². The Hall–Kier alpha value is -3.81. The summed E-state index contributed by atoms with van der Waals surface area (Å²) in [6.45, 7) is 7.18. The predicted molar refractivity (Wildman–Crippen MR) is 186 cm³/mol. The lowest BCUT2D eigenvalue weighted by Crippen LogP contribution is -2.39. The minimum Gasteiger partial charge on any atom is -0.494 e. The second-order valence-corrected chi connectivity index (χ2v) is 13.3. The highest BCUT2D eigenvalue weighted by Crippen LogP contribution is 2.40. The molecule has 5 nitrogen and oxygen atoms in total. The molecule has 0 saturated carbocycles. The van der Waals surface area contributed by atoms with Crippen molar-refractivity contribution >= 4 is 11.9 Å². The number of carbonyl (C=O) groups excluding carboxylic acids is 2. The lowest BCUT2D eigenvalue weighted by Gasteiger charge is -2.33. The summed E-state index contributed by atoms with van der Waals surface area (Å²) >= 11 is 0. The maximum absolute atomic E-state index is 13.8. The number of hydrogen-bond acceptors (Lipinski definition) is 5. The molecule has 4 atom stereocenters. The van der Waals surface area contributed by atoms with Gasteiger partial charge in [-0.1, -0.05) is 114 Å². The van der Waals surface area contributed by atoms with Gasteiger partial charge in [0.1, 0.15) is 11.9 Å². The summed E-state index contributed by atoms with van der Waals surface area (Å²) in [4.78, 5) is 26.7. The van der Waals surface area contributed by atoms with E-state index in [1.165, 1.54) is 19.3 Å². The number of ether oxygens (including phenoxy) is 3. The first-order valence-electron chi connectivity index (χ1n) is 18.0. The minimum absolute atomic E-state index is 0.213. The van der Waals surface area contributed by atoms with Crippen LogP contribution in [0.3, 0.4) is 0 Å². The fraction of sp³-hybridized carbons (Fsp3) is 0.512. The Balaban J connectivity index is 1.38. The van der Waals surface area contributed by atoms with Gasteiger partial charge in [0.25, 0.3) is 0 Å². The zero-order chi connectivity index (χ0) is 35.2. The van der Waals surface area contributed by atoms with Crippen LogP contribution in [0.1, 0.15) is 119 Å². The SMILES string of the molecule is CCCCCC[C@@H](OC(=O)C1CCc2ccccc2C1OC(=O)c1ccc(-c2ccc(OCCCCC[C@@H](C)CC)cc2)cc1)C(F)(F)F. The molecule has 266 valence electrons. The smallest absolute Gasteiger partial charge is 0.425 e. The number of fused-ring (bicyclic) bond motifs is 1. The maximum atomic E-state index is 13.8. The molecule has 1 aliphatic rings. The van der Waals surface area contributed by atoms with E-state index in [0.717, 1.165) is 54.0 Å². The molecule has 3 aromatic carbocycles. The van der Waals surface area contributed by atoms with E-state index in [2.05, 4.69) is 13.8 Å². The first-order chi connectivity index (χ1) is 23.6. The molecular formula is C41H51F3O5. The number of carbonyl (C=O) groups is 2. The van der Waals surface area contributed by atoms with Gasteiger partial charge in [-0.15, -0.1) is 0 Å². The lowest BCUT2D eigenvalue weighted by atomic mass is 9.81. The molecule has 49 heavy (non-hydrogen) atoms. The van der Waals surface area contributed by atoms with Crippen molar-refractivity contribution in [1.82, 2.24) is 0 Å². The molecule has 0 saturated heterocycles. The summed E-state index contributed by atoms with van der Waals surface area (Å²) in [6, 6.07) is 22.0. The largest absolute Gasteiger partial charge is 0.494 e. The lowest BCUT2D eigenvalue weighted by molar-refractivity contribution is -0.227. The maximum Gasteiger partial charge on any atom is 0.425 e. The molecule has 0 fully saturated rings. The van der Waals surface area contributed by atoms with Crippen molar-refractivity contribution in [3.8, 4) is 16.9 Å². The van der Waals surface area contributed by atoms with Crippen molar-refractivity contribution in [2.45, 2.75) is 116 Å². The van der Waals surface area contributed by atoms with Crippen molar-refractivity contribution in [1.29, 1.82) is 0 Å². The predicted octanol–water partition coefficient (Wildman–Crippen LogP) is 11.2. The van der Waals surface area contributed by atoms with Crippen LogP contribution in [0.25, 0.3) is 11.1 Å². The molecule has 0 aromatic heterocycles. The topological polar surface area (TPSA) is 61.8 Å². The molecule has 0 spiro atoms. The summed E-state index contributed by atoms with van der Waals surface area (Å²) in [5.41, 5.74) is 3.63. The Morgan fingerprint density at radius 3 is 2.14 bits per heavy atom. The number of aryl methyl sites for hydroxylation is 1. The summed E-state index contributed by atoms with van der Waals surface area (Å²) in [5, 5.41) is 0. The Morgan fingerprint density at radius 1 is 0.816 bits per heavy atom. The van der Waals surface area contributed by atoms with Crippen LogP contribution in [0.15, 0.2) is 72.8 Å². The van der Waals surface area contributed by atoms with E-state index in [1.807, 2.05) is 55.5 Å². The first kappa shape index (κ1) is 38.0. The zero-order valence-electron chi connectivity index (χ0n) is 29.1. The molecule has 3 aromatic rings. The van der Waals surface area contributed by atoms with Gasteiger partial charge in [0.05, 0.1) is 18.1 Å². The van der Waals surface area contributed by atoms with Gasteiger partial charge < -0.3 is 14.2 Å². The van der Waals surface area contributed by atoms with Crippen LogP contribution in [0.5, 0.6) is 5.75 Å². The highest BCUT2D eigenvalue weighted by atomic mass is 19.4. The number of rotatable bonds is 18. The van der Waals surface area contributed by atoms with E-state index in [4.69, 9.17) is 14.2 Å². The van der Waals surface area contributed by atoms with Crippen LogP contribution in [0, 0.1) is 11.8 Å². The molecule has 0 amide bonds. The van der Waals surface area contributed by atoms with Gasteiger partial charge in [-0.25, -0.2) is 4.79 Å². The third-order valence-corrected chi connectivity index (χ3v) is 9.55. The second kappa shape index (κ2) is 18.8. The fourth-order valence-electron chi connectivity index (χ4n) is 6.27. The van der Waals surface area contributed by atoms with Crippen LogP contribution >= 0.6 is 0 Å². The van der Waals surface area contributed by atoms with Crippen molar-refractivity contribution < 1.29 is 37.0 Å². The molecule has 0 bridgehead atoms. The Bertz CT molecular complexity index is 1450. The molecular weight excluding hydrogens is 629 g/mol. The summed E-state index contributed by atoms with van der Waals surface area (Å²) in [7, 11) is 0. The van der Waals surface area contributed by atoms with Crippen LogP contribution in [-0.4, -0.2) is 30.8 Å². The third-order valence-electron chi connectivity index (χ3n) is 9.55. The van der Waals surface area contributed by atoms with Crippen molar-refractivity contribution in [2.24, 2.45) is 11.8 Å². The number of unbranched alkanes of at least 4 members (excludes halogenated alkanes) is 5. The third kappa shape index (κ3) is 11.4. The van der Waals surface area contributed by atoms with Gasteiger partial charge in [-0.05, 0) is 84.5 Å². The highest BCUT2D eigenvalue weighted by Gasteiger charge is 2.45. The summed E-state index contributed by atoms with van der Waals surface area (Å²) < 4.78 is 58.5. The Kier molecular flexibility index (Phi) is 14.6. The van der Waals surface area contributed by atoms with Gasteiger partial charge in [-0.3, -0.25) is 4.79 Å². The fourth-order valence-corrected chi connectivity index (χ4v) is 6.27. The van der Waals surface area contributed by atoms with Crippen molar-refractivity contribution in [3.05, 3.63) is 89.5 Å². The highest BCUT2D eigenvalue weighted by molar-refractivity contribution is 5.90. The average molecular weight is 681 g/mol. The number of alkyl halides is 3. The first-order valence-corrected chi connectivity index (χ1v) is 18.0. The molecule has 0 radical (unpaired) electrons. The molecule has 4 rings (SSSR count). The molecule has 2 unspecified atom stereocenters. The number of hydrogen-bond donors (Lipinski definition) is 0. The average Bonchev–Trinajstić information content (AvgIpc) is 3.10. The molecule has 0 N–H and O–H groups in total. The monoisotopic (exact) mass is 680 g/mol. The van der Waals surface area contributed by atoms with Crippen LogP contribution in [0.2, 0.25) is 0 Å². The van der Waals surface area contributed by atoms with E-state index in [9.17, 15) is 22.8 Å². The molecule has 8 heteroatoms. The van der Waals surface area contributed by atoms with Gasteiger partial charge in [0.15, 0.2) is 6.10 Å². The van der Waals surface area contributed by atoms with Gasteiger partial charge in [0, 0.05) is 0 Å². The second-order valence-electron chi connectivity index (χ2n) is 13.3. The zero-order valence-corrected chi connectivity index (χ0v) is 29.1. The van der Waals surface area contributed by atoms with Gasteiger partial charge in [0.2, 0.25) is 0 Å². The molecule has 0 heterocycles. The summed E-state index contributed by atoms with van der Waals surface area (Å²) in [5.74, 6) is -1.12. The summed E-state index contributed by atoms with van der Waals surface area (Å²) in [6.07, 6.45) is 0.995. The Morgan fingerprint density at radius 2 is 1.47 bits per heavy atom. The standard InChI is InChI=1S/C41H51F3O5/c1-4-6-7-10-17-37(41(42,43)44)48-40(46)36-27-24-32-15-11-12-16-35(32)38(36)49-39(45)33-20-18-30(19-21-33)31-22-25-34(26-23-31)47-28-13-8-9-14-29(3)5-2/h11-12,15-16,18-23,25-26,29,36-38H,4-10,13-14,17,24,27-28H2,1-3H3/t29-,36?,37+,38?/m0/s1. The van der Waals surface area contributed by atoms with Crippen LogP contribution in [-0.2, 0) is 20.7 Å². The number of esters is 2. The number of benzene rings is 3. The van der Waals surface area contributed by atoms with Crippen LogP contribution < -0.4 is 4.74 Å².